The standard InChI is InChI=1S/C69H55N/c1-48-32-40-55(41-33-48)69(54-22-9-4-10-23-54)64-29-16-13-26-61(64)67-65(69)30-17-31-66(67)70(57-44-38-52(39-45-57)51-36-34-50(35-37-51)49-18-5-2-6-19-49)58-46-42-56(43-47-58)68(53-20-7-3-8-21-53)62-27-14-11-24-59(62)60-25-12-15-28-63(60)68/h2-5,7-18,20-29,31-32,34-48,65H,6,19,30,33H2,1H3. The van der Waals surface area contributed by atoms with Crippen LogP contribution in [0.15, 0.2) is 266 Å². The Balaban J connectivity index is 1.00. The zero-order valence-electron chi connectivity index (χ0n) is 39.7. The van der Waals surface area contributed by atoms with Crippen molar-refractivity contribution in [2.75, 3.05) is 4.90 Å². The molecule has 0 aromatic heterocycles. The van der Waals surface area contributed by atoms with E-state index in [0.717, 1.165) is 37.1 Å². The van der Waals surface area contributed by atoms with Crippen molar-refractivity contribution in [3.8, 4) is 22.3 Å². The molecule has 0 saturated carbocycles. The van der Waals surface area contributed by atoms with Crippen molar-refractivity contribution in [3.63, 3.8) is 0 Å². The lowest BCUT2D eigenvalue weighted by Gasteiger charge is -2.42. The Morgan fingerprint density at radius 3 is 1.63 bits per heavy atom. The van der Waals surface area contributed by atoms with Gasteiger partial charge in [0.05, 0.1) is 10.8 Å². The summed E-state index contributed by atoms with van der Waals surface area (Å²) in [6.07, 6.45) is 23.2. The van der Waals surface area contributed by atoms with Gasteiger partial charge in [0.15, 0.2) is 0 Å². The topological polar surface area (TPSA) is 3.24 Å². The molecule has 0 fully saturated rings. The minimum absolute atomic E-state index is 0.179. The highest BCUT2D eigenvalue weighted by Gasteiger charge is 2.54. The molecule has 0 N–H and O–H groups in total. The second-order valence-corrected chi connectivity index (χ2v) is 19.8. The third-order valence-corrected chi connectivity index (χ3v) is 16.1. The number of benzene rings is 8. The third kappa shape index (κ3) is 6.52. The molecule has 1 heteroatoms. The first-order valence-electron chi connectivity index (χ1n) is 25.3. The number of rotatable bonds is 9. The molecule has 13 rings (SSSR count). The normalized spacial score (nSPS) is 20.2. The molecule has 3 unspecified atom stereocenters. The van der Waals surface area contributed by atoms with Crippen LogP contribution in [0.5, 0.6) is 0 Å². The highest BCUT2D eigenvalue weighted by molar-refractivity contribution is 5.92. The molecule has 8 aromatic rings. The highest BCUT2D eigenvalue weighted by Crippen LogP contribution is 2.62. The van der Waals surface area contributed by atoms with Crippen molar-refractivity contribution in [1.82, 2.24) is 0 Å². The van der Waals surface area contributed by atoms with Gasteiger partial charge in [-0.3, -0.25) is 0 Å². The monoisotopic (exact) mass is 897 g/mol. The van der Waals surface area contributed by atoms with Gasteiger partial charge in [0.25, 0.3) is 0 Å². The van der Waals surface area contributed by atoms with E-state index < -0.39 is 5.41 Å². The maximum absolute atomic E-state index is 2.55. The molecule has 0 amide bonds. The van der Waals surface area contributed by atoms with Crippen LogP contribution in [-0.2, 0) is 10.8 Å². The Kier molecular flexibility index (Phi) is 10.4. The number of fused-ring (bicyclic) bond motifs is 6. The Bertz CT molecular complexity index is 3420. The molecule has 1 nitrogen and oxygen atoms in total. The summed E-state index contributed by atoms with van der Waals surface area (Å²) in [5.41, 5.74) is 22.5. The van der Waals surface area contributed by atoms with E-state index in [2.05, 4.69) is 267 Å². The molecule has 5 aliphatic rings. The van der Waals surface area contributed by atoms with E-state index in [-0.39, 0.29) is 11.3 Å². The molecule has 5 aliphatic carbocycles. The minimum atomic E-state index is -0.477. The Morgan fingerprint density at radius 2 is 1.01 bits per heavy atom. The Morgan fingerprint density at radius 1 is 0.471 bits per heavy atom. The number of nitrogens with zero attached hydrogens (tertiary/aromatic N) is 1. The van der Waals surface area contributed by atoms with Crippen LogP contribution in [0, 0.1) is 11.8 Å². The molecule has 8 aromatic carbocycles. The third-order valence-electron chi connectivity index (χ3n) is 16.1. The quantitative estimate of drug-likeness (QED) is 0.140. The fourth-order valence-corrected chi connectivity index (χ4v) is 13.0. The largest absolute Gasteiger partial charge is 0.310 e. The number of allylic oxidation sites excluding steroid dienone is 11. The number of hydrogen-bond donors (Lipinski definition) is 0. The Labute approximate surface area is 413 Å². The molecular formula is C69H55N. The predicted octanol–water partition coefficient (Wildman–Crippen LogP) is 17.4. The lowest BCUT2D eigenvalue weighted by Crippen LogP contribution is -2.36. The molecule has 70 heavy (non-hydrogen) atoms. The van der Waals surface area contributed by atoms with Gasteiger partial charge >= 0.3 is 0 Å². The SMILES string of the molecule is CC1C=CC(C2(c3ccccc3)c3ccccc3C3=C(N(c4ccc(-c5ccc(C6=CC=CCC6)cc5)cc4)c4ccc(C5(c6ccccc6)c6ccccc6-c6ccccc65)cc4)C=CCC32)=CC1. The maximum Gasteiger partial charge on any atom is 0.0713 e. The summed E-state index contributed by atoms with van der Waals surface area (Å²) >= 11 is 0. The van der Waals surface area contributed by atoms with Gasteiger partial charge in [-0.2, -0.15) is 0 Å². The first-order chi connectivity index (χ1) is 34.6. The average molecular weight is 898 g/mol. The first-order valence-corrected chi connectivity index (χ1v) is 25.3. The lowest BCUT2D eigenvalue weighted by atomic mass is 9.61. The zero-order valence-corrected chi connectivity index (χ0v) is 39.7. The van der Waals surface area contributed by atoms with Crippen LogP contribution >= 0.6 is 0 Å². The van der Waals surface area contributed by atoms with E-state index in [4.69, 9.17) is 0 Å². The van der Waals surface area contributed by atoms with Crippen molar-refractivity contribution in [3.05, 3.63) is 311 Å². The van der Waals surface area contributed by atoms with Gasteiger partial charge in [-0.1, -0.05) is 231 Å². The fourth-order valence-electron chi connectivity index (χ4n) is 13.0. The van der Waals surface area contributed by atoms with Crippen LogP contribution in [0.2, 0.25) is 0 Å². The van der Waals surface area contributed by atoms with Crippen LogP contribution in [0.1, 0.15) is 77.1 Å². The Hall–Kier alpha value is -8.00. The zero-order chi connectivity index (χ0) is 46.7. The maximum atomic E-state index is 2.55. The molecule has 336 valence electrons. The second kappa shape index (κ2) is 17.2. The van der Waals surface area contributed by atoms with Gasteiger partial charge < -0.3 is 4.90 Å². The highest BCUT2D eigenvalue weighted by atomic mass is 15.2. The van der Waals surface area contributed by atoms with Crippen molar-refractivity contribution >= 4 is 22.5 Å². The van der Waals surface area contributed by atoms with E-state index in [1.165, 1.54) is 89.2 Å². The molecule has 0 bridgehead atoms. The average Bonchev–Trinajstić information content (AvgIpc) is 3.92. The molecule has 0 saturated heterocycles. The smallest absolute Gasteiger partial charge is 0.0713 e. The van der Waals surface area contributed by atoms with Gasteiger partial charge in [-0.15, -0.1) is 0 Å². The van der Waals surface area contributed by atoms with Crippen molar-refractivity contribution in [2.24, 2.45) is 11.8 Å². The van der Waals surface area contributed by atoms with Crippen LogP contribution < -0.4 is 4.90 Å². The van der Waals surface area contributed by atoms with E-state index in [0.29, 0.717) is 5.92 Å². The number of hydrogen-bond acceptors (Lipinski definition) is 1. The molecule has 0 spiro atoms. The van der Waals surface area contributed by atoms with Gasteiger partial charge in [0, 0.05) is 23.0 Å². The molecule has 0 radical (unpaired) electrons. The number of anilines is 2. The van der Waals surface area contributed by atoms with E-state index >= 15 is 0 Å². The summed E-state index contributed by atoms with van der Waals surface area (Å²) in [6, 6.07) is 77.9. The summed E-state index contributed by atoms with van der Waals surface area (Å²) in [5.74, 6) is 0.696. The fraction of sp³-hybridized carbons (Fsp3) is 0.130. The summed E-state index contributed by atoms with van der Waals surface area (Å²) in [6.45, 7) is 2.33. The molecule has 0 aliphatic heterocycles. The molecule has 3 atom stereocenters. The summed E-state index contributed by atoms with van der Waals surface area (Å²) < 4.78 is 0. The van der Waals surface area contributed by atoms with Crippen molar-refractivity contribution in [1.29, 1.82) is 0 Å². The summed E-state index contributed by atoms with van der Waals surface area (Å²) in [7, 11) is 0. The van der Waals surface area contributed by atoms with E-state index in [9.17, 15) is 0 Å². The second-order valence-electron chi connectivity index (χ2n) is 19.8. The van der Waals surface area contributed by atoms with Crippen LogP contribution in [0.25, 0.3) is 33.4 Å². The predicted molar refractivity (Wildman–Crippen MR) is 293 cm³/mol. The van der Waals surface area contributed by atoms with Crippen LogP contribution in [0.4, 0.5) is 11.4 Å². The van der Waals surface area contributed by atoms with Crippen molar-refractivity contribution in [2.45, 2.75) is 43.4 Å². The molecular weight excluding hydrogens is 843 g/mol. The van der Waals surface area contributed by atoms with Crippen molar-refractivity contribution < 1.29 is 0 Å². The minimum Gasteiger partial charge on any atom is -0.310 e. The van der Waals surface area contributed by atoms with Gasteiger partial charge in [0.1, 0.15) is 0 Å². The van der Waals surface area contributed by atoms with Gasteiger partial charge in [0.2, 0.25) is 0 Å². The van der Waals surface area contributed by atoms with Gasteiger partial charge in [-0.25, -0.2) is 0 Å². The van der Waals surface area contributed by atoms with Gasteiger partial charge in [-0.05, 0) is 145 Å². The van der Waals surface area contributed by atoms with E-state index in [1.54, 1.807) is 0 Å². The molecule has 0 heterocycles. The summed E-state index contributed by atoms with van der Waals surface area (Å²) in [4.78, 5) is 2.55. The van der Waals surface area contributed by atoms with Crippen LogP contribution in [-0.4, -0.2) is 0 Å². The lowest BCUT2D eigenvalue weighted by molar-refractivity contribution is 0.475. The summed E-state index contributed by atoms with van der Waals surface area (Å²) in [5, 5.41) is 0. The first kappa shape index (κ1) is 42.1. The van der Waals surface area contributed by atoms with E-state index in [1.807, 2.05) is 0 Å². The van der Waals surface area contributed by atoms with Crippen LogP contribution in [0.3, 0.4) is 0 Å².